The van der Waals surface area contributed by atoms with Gasteiger partial charge in [-0.25, -0.2) is 4.68 Å². The molecule has 0 spiro atoms. The molecule has 1 saturated carbocycles. The van der Waals surface area contributed by atoms with Crippen LogP contribution >= 0.6 is 0 Å². The zero-order valence-corrected chi connectivity index (χ0v) is 16.9. The van der Waals surface area contributed by atoms with E-state index in [9.17, 15) is 9.00 Å². The van der Waals surface area contributed by atoms with Gasteiger partial charge in [0, 0.05) is 22.8 Å². The van der Waals surface area contributed by atoms with Crippen LogP contribution in [0.2, 0.25) is 0 Å². The van der Waals surface area contributed by atoms with E-state index in [1.165, 1.54) is 24.8 Å². The molecular weight excluding hydrogens is 358 g/mol. The number of amides is 1. The first kappa shape index (κ1) is 18.4. The summed E-state index contributed by atoms with van der Waals surface area (Å²) < 4.78 is 13.9. The van der Waals surface area contributed by atoms with Crippen molar-refractivity contribution in [2.75, 3.05) is 5.32 Å². The molecule has 144 valence electrons. The van der Waals surface area contributed by atoms with Crippen molar-refractivity contribution >= 4 is 22.5 Å². The van der Waals surface area contributed by atoms with Crippen LogP contribution in [0.4, 0.5) is 5.82 Å². The van der Waals surface area contributed by atoms with Gasteiger partial charge in [-0.2, -0.15) is 5.10 Å². The van der Waals surface area contributed by atoms with E-state index in [4.69, 9.17) is 5.10 Å². The number of rotatable bonds is 4. The Morgan fingerprint density at radius 2 is 2.00 bits per heavy atom. The van der Waals surface area contributed by atoms with Crippen LogP contribution in [-0.2, 0) is 27.1 Å². The van der Waals surface area contributed by atoms with Gasteiger partial charge in [-0.3, -0.25) is 9.00 Å². The van der Waals surface area contributed by atoms with E-state index in [1.54, 1.807) is 0 Å². The lowest BCUT2D eigenvalue weighted by Crippen LogP contribution is -2.21. The van der Waals surface area contributed by atoms with Crippen LogP contribution in [0.25, 0.3) is 5.69 Å². The zero-order chi connectivity index (χ0) is 19.0. The minimum Gasteiger partial charge on any atom is -0.310 e. The third-order valence-corrected chi connectivity index (χ3v) is 7.14. The maximum atomic E-state index is 12.8. The van der Waals surface area contributed by atoms with Crippen LogP contribution in [-0.4, -0.2) is 19.9 Å². The second-order valence-corrected chi connectivity index (χ2v) is 9.35. The summed E-state index contributed by atoms with van der Waals surface area (Å²) in [6.07, 6.45) is 6.60. The van der Waals surface area contributed by atoms with Gasteiger partial charge >= 0.3 is 0 Å². The minimum absolute atomic E-state index is 0.0499. The molecule has 2 aromatic rings. The highest BCUT2D eigenvalue weighted by atomic mass is 32.2. The van der Waals surface area contributed by atoms with Crippen LogP contribution in [0.3, 0.4) is 0 Å². The fourth-order valence-corrected chi connectivity index (χ4v) is 5.50. The molecule has 2 aliphatic rings. The molecule has 1 N–H and O–H groups in total. The van der Waals surface area contributed by atoms with Crippen molar-refractivity contribution in [2.45, 2.75) is 63.9 Å². The van der Waals surface area contributed by atoms with E-state index in [1.807, 2.05) is 16.8 Å². The molecule has 6 heteroatoms. The Balaban J connectivity index is 1.65. The Labute approximate surface area is 163 Å². The predicted molar refractivity (Wildman–Crippen MR) is 108 cm³/mol. The maximum absolute atomic E-state index is 12.8. The molecule has 1 aromatic heterocycles. The second kappa shape index (κ2) is 7.58. The lowest BCUT2D eigenvalue weighted by molar-refractivity contribution is -0.117. The summed E-state index contributed by atoms with van der Waals surface area (Å²) in [5.74, 6) is 2.19. The van der Waals surface area contributed by atoms with Gasteiger partial charge in [0.1, 0.15) is 5.82 Å². The van der Waals surface area contributed by atoms with Crippen molar-refractivity contribution in [1.29, 1.82) is 0 Å². The predicted octanol–water partition coefficient (Wildman–Crippen LogP) is 4.16. The molecule has 1 unspecified atom stereocenters. The Hall–Kier alpha value is -1.95. The smallest absolute Gasteiger partial charge is 0.225 e. The van der Waals surface area contributed by atoms with Crippen molar-refractivity contribution in [3.8, 4) is 5.69 Å². The van der Waals surface area contributed by atoms with Gasteiger partial charge in [0.2, 0.25) is 5.91 Å². The largest absolute Gasteiger partial charge is 0.310 e. The Bertz CT molecular complexity index is 897. The average molecular weight is 386 g/mol. The van der Waals surface area contributed by atoms with Crippen LogP contribution in [0.15, 0.2) is 18.2 Å². The number of hydrogen-bond donors (Lipinski definition) is 1. The first-order valence-corrected chi connectivity index (χ1v) is 11.3. The van der Waals surface area contributed by atoms with Crippen LogP contribution < -0.4 is 5.32 Å². The first-order valence-electron chi connectivity index (χ1n) is 9.85. The summed E-state index contributed by atoms with van der Waals surface area (Å²) in [6, 6.07) is 6.11. The van der Waals surface area contributed by atoms with Crippen molar-refractivity contribution in [2.24, 2.45) is 5.92 Å². The molecule has 4 rings (SSSR count). The van der Waals surface area contributed by atoms with E-state index in [0.29, 0.717) is 29.7 Å². The molecule has 0 saturated heterocycles. The number of benzene rings is 1. The number of fused-ring (bicyclic) bond motifs is 1. The lowest BCUT2D eigenvalue weighted by Gasteiger charge is -2.21. The van der Waals surface area contributed by atoms with Gasteiger partial charge in [-0.15, -0.1) is 0 Å². The summed E-state index contributed by atoms with van der Waals surface area (Å²) in [5.41, 5.74) is 5.09. The molecule has 0 bridgehead atoms. The molecule has 27 heavy (non-hydrogen) atoms. The monoisotopic (exact) mass is 385 g/mol. The third-order valence-electron chi connectivity index (χ3n) is 5.93. The van der Waals surface area contributed by atoms with Gasteiger partial charge in [0.15, 0.2) is 0 Å². The molecule has 1 aromatic carbocycles. The highest BCUT2D eigenvalue weighted by Crippen LogP contribution is 2.33. The standard InChI is InChI=1S/C21H27N3O2S/c1-14-7-6-10-19(15(14)2)24-21(17-12-27(26)13-18(17)23-24)22-20(25)11-16-8-4-3-5-9-16/h6-7,10,16H,3-5,8-9,11-13H2,1-2H3,(H,22,25). The van der Waals surface area contributed by atoms with Crippen molar-refractivity contribution in [1.82, 2.24) is 9.78 Å². The second-order valence-electron chi connectivity index (χ2n) is 7.89. The SMILES string of the molecule is Cc1cccc(-n2nc3c(c2NC(=O)CC2CCCCC2)CS(=O)C3)c1C. The number of carbonyl (C=O) groups excluding carboxylic acids is 1. The van der Waals surface area contributed by atoms with E-state index >= 15 is 0 Å². The Morgan fingerprint density at radius 3 is 2.78 bits per heavy atom. The van der Waals surface area contributed by atoms with E-state index in [0.717, 1.165) is 35.3 Å². The van der Waals surface area contributed by atoms with Crippen LogP contribution in [0, 0.1) is 19.8 Å². The highest BCUT2D eigenvalue weighted by Gasteiger charge is 2.29. The first-order chi connectivity index (χ1) is 13.0. The number of nitrogens with one attached hydrogen (secondary N) is 1. The minimum atomic E-state index is -0.921. The van der Waals surface area contributed by atoms with Gasteiger partial charge < -0.3 is 5.32 Å². The fourth-order valence-electron chi connectivity index (χ4n) is 4.23. The molecule has 1 aliphatic carbocycles. The summed E-state index contributed by atoms with van der Waals surface area (Å²) in [4.78, 5) is 12.8. The summed E-state index contributed by atoms with van der Waals surface area (Å²) in [7, 11) is -0.921. The van der Waals surface area contributed by atoms with Gasteiger partial charge in [0.25, 0.3) is 0 Å². The molecular formula is C21H27N3O2S. The van der Waals surface area contributed by atoms with Crippen molar-refractivity contribution in [3.63, 3.8) is 0 Å². The number of hydrogen-bond acceptors (Lipinski definition) is 3. The quantitative estimate of drug-likeness (QED) is 0.859. The van der Waals surface area contributed by atoms with E-state index in [-0.39, 0.29) is 5.91 Å². The summed E-state index contributed by atoms with van der Waals surface area (Å²) >= 11 is 0. The van der Waals surface area contributed by atoms with E-state index < -0.39 is 10.8 Å². The van der Waals surface area contributed by atoms with Gasteiger partial charge in [-0.1, -0.05) is 31.4 Å². The molecule has 1 amide bonds. The number of anilines is 1. The number of aryl methyl sites for hydroxylation is 1. The highest BCUT2D eigenvalue weighted by molar-refractivity contribution is 7.83. The number of carbonyl (C=O) groups is 1. The van der Waals surface area contributed by atoms with Crippen molar-refractivity contribution < 1.29 is 9.00 Å². The molecule has 1 aliphatic heterocycles. The van der Waals surface area contributed by atoms with Crippen LogP contribution in [0.1, 0.15) is 60.9 Å². The lowest BCUT2D eigenvalue weighted by atomic mass is 9.87. The molecule has 1 fully saturated rings. The zero-order valence-electron chi connectivity index (χ0n) is 16.1. The molecule has 2 heterocycles. The van der Waals surface area contributed by atoms with E-state index in [2.05, 4.69) is 25.2 Å². The van der Waals surface area contributed by atoms with Gasteiger partial charge in [0.05, 0.1) is 22.9 Å². The summed E-state index contributed by atoms with van der Waals surface area (Å²) in [6.45, 7) is 4.15. The summed E-state index contributed by atoms with van der Waals surface area (Å²) in [5, 5.41) is 7.85. The third kappa shape index (κ3) is 3.72. The molecule has 1 atom stereocenters. The maximum Gasteiger partial charge on any atom is 0.225 e. The number of nitrogens with zero attached hydrogens (tertiary/aromatic N) is 2. The van der Waals surface area contributed by atoms with Gasteiger partial charge in [-0.05, 0) is 49.8 Å². The number of aromatic nitrogens is 2. The van der Waals surface area contributed by atoms with Crippen LogP contribution in [0.5, 0.6) is 0 Å². The fraction of sp³-hybridized carbons (Fsp3) is 0.524. The Kier molecular flexibility index (Phi) is 5.17. The van der Waals surface area contributed by atoms with Crippen molar-refractivity contribution in [3.05, 3.63) is 40.6 Å². The molecule has 5 nitrogen and oxygen atoms in total. The normalized spacial score (nSPS) is 19.9. The molecule has 0 radical (unpaired) electrons. The Morgan fingerprint density at radius 1 is 1.22 bits per heavy atom. The average Bonchev–Trinajstić information content (AvgIpc) is 3.15. The topological polar surface area (TPSA) is 64.0 Å².